The highest BCUT2D eigenvalue weighted by Gasteiger charge is 2.08. The van der Waals surface area contributed by atoms with Gasteiger partial charge in [0.2, 0.25) is 5.95 Å². The van der Waals surface area contributed by atoms with E-state index in [1.165, 1.54) is 0 Å². The third kappa shape index (κ3) is 4.76. The van der Waals surface area contributed by atoms with Crippen LogP contribution in [0.4, 0.5) is 5.95 Å². The van der Waals surface area contributed by atoms with Crippen LogP contribution in [0.25, 0.3) is 22.5 Å². The molecule has 0 aliphatic rings. The quantitative estimate of drug-likeness (QED) is 0.287. The molecule has 0 amide bonds. The predicted octanol–water partition coefficient (Wildman–Crippen LogP) is 6.41. The second-order valence-corrected chi connectivity index (χ2v) is 7.43. The van der Waals surface area contributed by atoms with Gasteiger partial charge in [-0.05, 0) is 30.7 Å². The maximum absolute atomic E-state index is 4.67. The van der Waals surface area contributed by atoms with Crippen molar-refractivity contribution in [1.82, 2.24) is 9.97 Å². The molecular formula is C24H19BrN4. The summed E-state index contributed by atoms with van der Waals surface area (Å²) in [6, 6.07) is 30.2. The molecule has 1 N–H and O–H groups in total. The van der Waals surface area contributed by atoms with E-state index in [1.807, 2.05) is 97.9 Å². The summed E-state index contributed by atoms with van der Waals surface area (Å²) in [5, 5.41) is 4.49. The molecule has 0 radical (unpaired) electrons. The van der Waals surface area contributed by atoms with Crippen LogP contribution in [-0.2, 0) is 0 Å². The minimum Gasteiger partial charge on any atom is -0.245 e. The van der Waals surface area contributed by atoms with Crippen LogP contribution in [0.2, 0.25) is 0 Å². The normalized spacial score (nSPS) is 11.3. The largest absolute Gasteiger partial charge is 0.245 e. The average molecular weight is 443 g/mol. The predicted molar refractivity (Wildman–Crippen MR) is 123 cm³/mol. The molecule has 5 heteroatoms. The Morgan fingerprint density at radius 1 is 0.759 bits per heavy atom. The van der Waals surface area contributed by atoms with E-state index >= 15 is 0 Å². The number of aromatic nitrogens is 2. The zero-order valence-electron chi connectivity index (χ0n) is 15.9. The SMILES string of the molecule is CC(=NNc1nc(-c2ccccc2)cc(-c2ccccc2)n1)c1ccc(Br)cc1. The van der Waals surface area contributed by atoms with Gasteiger partial charge in [-0.3, -0.25) is 0 Å². The Morgan fingerprint density at radius 3 is 1.79 bits per heavy atom. The molecule has 0 bridgehead atoms. The molecule has 0 saturated carbocycles. The maximum atomic E-state index is 4.67. The number of anilines is 1. The molecule has 3 aromatic carbocycles. The number of nitrogens with zero attached hydrogens (tertiary/aromatic N) is 3. The zero-order valence-corrected chi connectivity index (χ0v) is 17.5. The summed E-state index contributed by atoms with van der Waals surface area (Å²) in [5.74, 6) is 0.460. The second kappa shape index (κ2) is 8.80. The molecule has 29 heavy (non-hydrogen) atoms. The summed E-state index contributed by atoms with van der Waals surface area (Å²) in [5.41, 5.74) is 8.67. The molecule has 0 unspecified atom stereocenters. The Kier molecular flexibility index (Phi) is 5.77. The van der Waals surface area contributed by atoms with Crippen molar-refractivity contribution in [3.63, 3.8) is 0 Å². The number of hydrogen-bond acceptors (Lipinski definition) is 4. The molecule has 1 heterocycles. The molecule has 1 aromatic heterocycles. The molecule has 4 aromatic rings. The van der Waals surface area contributed by atoms with Gasteiger partial charge in [-0.25, -0.2) is 15.4 Å². The highest BCUT2D eigenvalue weighted by Crippen LogP contribution is 2.25. The van der Waals surface area contributed by atoms with Crippen molar-refractivity contribution < 1.29 is 0 Å². The van der Waals surface area contributed by atoms with Gasteiger partial charge in [0.25, 0.3) is 0 Å². The fraction of sp³-hybridized carbons (Fsp3) is 0.0417. The first-order valence-corrected chi connectivity index (χ1v) is 10.0. The topological polar surface area (TPSA) is 50.2 Å². The number of nitrogens with one attached hydrogen (secondary N) is 1. The first-order chi connectivity index (χ1) is 14.2. The van der Waals surface area contributed by atoms with E-state index in [2.05, 4.69) is 36.4 Å². The lowest BCUT2D eigenvalue weighted by molar-refractivity contribution is 1.12. The van der Waals surface area contributed by atoms with Gasteiger partial charge in [0.15, 0.2) is 0 Å². The summed E-state index contributed by atoms with van der Waals surface area (Å²) in [7, 11) is 0. The fourth-order valence-corrected chi connectivity index (χ4v) is 3.16. The standard InChI is InChI=1S/C24H19BrN4/c1-17(18-12-14-21(25)15-13-18)28-29-24-26-22(19-8-4-2-5-9-19)16-23(27-24)20-10-6-3-7-11-20/h2-16H,1H3,(H,26,27,29). The molecule has 0 saturated heterocycles. The minimum absolute atomic E-state index is 0.460. The molecular weight excluding hydrogens is 424 g/mol. The van der Waals surface area contributed by atoms with E-state index in [4.69, 9.17) is 0 Å². The van der Waals surface area contributed by atoms with Crippen molar-refractivity contribution in [2.45, 2.75) is 6.92 Å². The first kappa shape index (κ1) is 19.0. The van der Waals surface area contributed by atoms with Crippen molar-refractivity contribution in [3.05, 3.63) is 101 Å². The highest BCUT2D eigenvalue weighted by atomic mass is 79.9. The van der Waals surface area contributed by atoms with E-state index in [1.54, 1.807) is 0 Å². The van der Waals surface area contributed by atoms with Crippen molar-refractivity contribution in [2.75, 3.05) is 5.43 Å². The van der Waals surface area contributed by atoms with Gasteiger partial charge in [-0.15, -0.1) is 0 Å². The van der Waals surface area contributed by atoms with Gasteiger partial charge in [-0.2, -0.15) is 5.10 Å². The molecule has 4 nitrogen and oxygen atoms in total. The third-order valence-corrected chi connectivity index (χ3v) is 4.98. The lowest BCUT2D eigenvalue weighted by Gasteiger charge is -2.09. The van der Waals surface area contributed by atoms with E-state index in [9.17, 15) is 0 Å². The monoisotopic (exact) mass is 442 g/mol. The van der Waals surface area contributed by atoms with Crippen molar-refractivity contribution in [2.24, 2.45) is 5.10 Å². The van der Waals surface area contributed by atoms with Crippen LogP contribution in [0, 0.1) is 0 Å². The third-order valence-electron chi connectivity index (χ3n) is 4.45. The Bertz CT molecular complexity index is 1070. The van der Waals surface area contributed by atoms with Crippen LogP contribution in [0.3, 0.4) is 0 Å². The molecule has 0 fully saturated rings. The van der Waals surface area contributed by atoms with Crippen molar-refractivity contribution in [1.29, 1.82) is 0 Å². The Morgan fingerprint density at radius 2 is 1.28 bits per heavy atom. The maximum Gasteiger partial charge on any atom is 0.244 e. The fourth-order valence-electron chi connectivity index (χ4n) is 2.90. The van der Waals surface area contributed by atoms with Crippen LogP contribution < -0.4 is 5.43 Å². The van der Waals surface area contributed by atoms with Gasteiger partial charge >= 0.3 is 0 Å². The number of halogens is 1. The van der Waals surface area contributed by atoms with Crippen molar-refractivity contribution >= 4 is 27.6 Å². The van der Waals surface area contributed by atoms with Gasteiger partial charge in [-0.1, -0.05) is 88.7 Å². The molecule has 0 atom stereocenters. The highest BCUT2D eigenvalue weighted by molar-refractivity contribution is 9.10. The molecule has 0 spiro atoms. The average Bonchev–Trinajstić information content (AvgIpc) is 2.79. The number of hydrazone groups is 1. The van der Waals surface area contributed by atoms with Crippen molar-refractivity contribution in [3.8, 4) is 22.5 Å². The van der Waals surface area contributed by atoms with Gasteiger partial charge in [0.1, 0.15) is 0 Å². The number of benzene rings is 3. The smallest absolute Gasteiger partial charge is 0.244 e. The van der Waals surface area contributed by atoms with Crippen LogP contribution >= 0.6 is 15.9 Å². The zero-order chi connectivity index (χ0) is 20.1. The first-order valence-electron chi connectivity index (χ1n) is 9.25. The van der Waals surface area contributed by atoms with E-state index in [0.717, 1.165) is 38.3 Å². The van der Waals surface area contributed by atoms with E-state index in [0.29, 0.717) is 5.95 Å². The summed E-state index contributed by atoms with van der Waals surface area (Å²) in [6.07, 6.45) is 0. The van der Waals surface area contributed by atoms with Crippen LogP contribution in [-0.4, -0.2) is 15.7 Å². The van der Waals surface area contributed by atoms with E-state index < -0.39 is 0 Å². The molecule has 0 aliphatic carbocycles. The van der Waals surface area contributed by atoms with Crippen LogP contribution in [0.5, 0.6) is 0 Å². The Labute approximate surface area is 178 Å². The Hall–Kier alpha value is -3.31. The van der Waals surface area contributed by atoms with Crippen LogP contribution in [0.15, 0.2) is 101 Å². The summed E-state index contributed by atoms with van der Waals surface area (Å²) in [4.78, 5) is 9.34. The second-order valence-electron chi connectivity index (χ2n) is 6.51. The van der Waals surface area contributed by atoms with Gasteiger partial charge < -0.3 is 0 Å². The lowest BCUT2D eigenvalue weighted by Crippen LogP contribution is -2.04. The molecule has 0 aliphatic heterocycles. The van der Waals surface area contributed by atoms with Gasteiger partial charge in [0.05, 0.1) is 17.1 Å². The minimum atomic E-state index is 0.460. The summed E-state index contributed by atoms with van der Waals surface area (Å²) in [6.45, 7) is 1.95. The summed E-state index contributed by atoms with van der Waals surface area (Å²) >= 11 is 3.46. The summed E-state index contributed by atoms with van der Waals surface area (Å²) < 4.78 is 1.04. The van der Waals surface area contributed by atoms with E-state index in [-0.39, 0.29) is 0 Å². The Balaban J connectivity index is 1.70. The molecule has 4 rings (SSSR count). The molecule has 142 valence electrons. The number of hydrogen-bond donors (Lipinski definition) is 1. The lowest BCUT2D eigenvalue weighted by atomic mass is 10.1. The van der Waals surface area contributed by atoms with Crippen LogP contribution in [0.1, 0.15) is 12.5 Å². The number of rotatable bonds is 5. The van der Waals surface area contributed by atoms with Gasteiger partial charge in [0, 0.05) is 15.6 Å².